The summed E-state index contributed by atoms with van der Waals surface area (Å²) in [6, 6.07) is 6.62. The molecule has 1 aliphatic heterocycles. The van der Waals surface area contributed by atoms with Crippen molar-refractivity contribution in [2.24, 2.45) is 0 Å². The molecule has 1 aromatic carbocycles. The SMILES string of the molecule is CN1CCN(C(=O)Cn2ccc(=O)c3ccc(Cl)cc32)CC1. The number of pyridine rings is 1. The second-order valence-corrected chi connectivity index (χ2v) is 6.09. The summed E-state index contributed by atoms with van der Waals surface area (Å²) in [5, 5.41) is 1.14. The Labute approximate surface area is 133 Å². The number of hydrogen-bond acceptors (Lipinski definition) is 3. The zero-order chi connectivity index (χ0) is 15.7. The van der Waals surface area contributed by atoms with Crippen molar-refractivity contribution in [3.8, 4) is 0 Å². The van der Waals surface area contributed by atoms with Crippen molar-refractivity contribution in [1.82, 2.24) is 14.4 Å². The van der Waals surface area contributed by atoms with Crippen LogP contribution >= 0.6 is 11.6 Å². The predicted molar refractivity (Wildman–Crippen MR) is 87.3 cm³/mol. The number of benzene rings is 1. The zero-order valence-corrected chi connectivity index (χ0v) is 13.2. The number of nitrogens with zero attached hydrogens (tertiary/aromatic N) is 3. The van der Waals surface area contributed by atoms with E-state index < -0.39 is 0 Å². The highest BCUT2D eigenvalue weighted by molar-refractivity contribution is 6.31. The van der Waals surface area contributed by atoms with Crippen LogP contribution in [0.5, 0.6) is 0 Å². The van der Waals surface area contributed by atoms with Gasteiger partial charge in [-0.25, -0.2) is 0 Å². The molecule has 0 unspecified atom stereocenters. The molecule has 1 fully saturated rings. The third-order valence-corrected chi connectivity index (χ3v) is 4.34. The van der Waals surface area contributed by atoms with E-state index in [9.17, 15) is 9.59 Å². The molecule has 22 heavy (non-hydrogen) atoms. The lowest BCUT2D eigenvalue weighted by Gasteiger charge is -2.32. The van der Waals surface area contributed by atoms with Crippen LogP contribution < -0.4 is 5.43 Å². The molecule has 3 rings (SSSR count). The lowest BCUT2D eigenvalue weighted by Crippen LogP contribution is -2.48. The minimum Gasteiger partial charge on any atom is -0.339 e. The topological polar surface area (TPSA) is 45.5 Å². The molecule has 2 heterocycles. The van der Waals surface area contributed by atoms with Crippen molar-refractivity contribution in [3.63, 3.8) is 0 Å². The number of carbonyl (C=O) groups excluding carboxylic acids is 1. The number of amides is 1. The van der Waals surface area contributed by atoms with E-state index in [2.05, 4.69) is 11.9 Å². The van der Waals surface area contributed by atoms with E-state index in [0.717, 1.165) is 26.2 Å². The fourth-order valence-corrected chi connectivity index (χ4v) is 2.88. The van der Waals surface area contributed by atoms with Crippen LogP contribution in [0.3, 0.4) is 0 Å². The van der Waals surface area contributed by atoms with Gasteiger partial charge in [0, 0.05) is 48.9 Å². The Kier molecular flexibility index (Phi) is 4.18. The fraction of sp³-hybridized carbons (Fsp3) is 0.375. The minimum atomic E-state index is -0.0602. The maximum atomic E-state index is 12.5. The highest BCUT2D eigenvalue weighted by Gasteiger charge is 2.19. The lowest BCUT2D eigenvalue weighted by atomic mass is 10.2. The fourth-order valence-electron chi connectivity index (χ4n) is 2.72. The lowest BCUT2D eigenvalue weighted by molar-refractivity contribution is -0.133. The average Bonchev–Trinajstić information content (AvgIpc) is 2.50. The Bertz CT molecular complexity index is 764. The molecule has 1 aromatic heterocycles. The van der Waals surface area contributed by atoms with Crippen LogP contribution in [0.15, 0.2) is 35.3 Å². The van der Waals surface area contributed by atoms with Gasteiger partial charge in [-0.15, -0.1) is 0 Å². The first kappa shape index (κ1) is 15.1. The van der Waals surface area contributed by atoms with Crippen molar-refractivity contribution in [1.29, 1.82) is 0 Å². The number of fused-ring (bicyclic) bond motifs is 1. The second-order valence-electron chi connectivity index (χ2n) is 5.65. The molecule has 2 aromatic rings. The minimum absolute atomic E-state index is 0.0602. The molecule has 6 heteroatoms. The molecule has 5 nitrogen and oxygen atoms in total. The van der Waals surface area contributed by atoms with Crippen LogP contribution in [0.4, 0.5) is 0 Å². The van der Waals surface area contributed by atoms with Gasteiger partial charge in [0.05, 0.1) is 5.52 Å². The third kappa shape index (κ3) is 3.00. The van der Waals surface area contributed by atoms with Crippen molar-refractivity contribution in [2.75, 3.05) is 33.2 Å². The molecule has 0 saturated carbocycles. The molecule has 0 N–H and O–H groups in total. The second kappa shape index (κ2) is 6.10. The summed E-state index contributed by atoms with van der Waals surface area (Å²) < 4.78 is 1.79. The normalized spacial score (nSPS) is 16.2. The number of halogens is 1. The highest BCUT2D eigenvalue weighted by Crippen LogP contribution is 2.17. The van der Waals surface area contributed by atoms with Gasteiger partial charge in [0.1, 0.15) is 6.54 Å². The molecular formula is C16H18ClN3O2. The number of carbonyl (C=O) groups is 1. The third-order valence-electron chi connectivity index (χ3n) is 4.10. The van der Waals surface area contributed by atoms with E-state index in [1.165, 1.54) is 6.07 Å². The molecule has 0 bridgehead atoms. The van der Waals surface area contributed by atoms with Gasteiger partial charge in [0.2, 0.25) is 5.91 Å². The predicted octanol–water partition coefficient (Wildman–Crippen LogP) is 1.43. The van der Waals surface area contributed by atoms with Gasteiger partial charge in [0.15, 0.2) is 5.43 Å². The van der Waals surface area contributed by atoms with E-state index in [0.29, 0.717) is 15.9 Å². The molecule has 1 saturated heterocycles. The van der Waals surface area contributed by atoms with Crippen LogP contribution in [0.1, 0.15) is 0 Å². The summed E-state index contributed by atoms with van der Waals surface area (Å²) in [5.41, 5.74) is 0.637. The summed E-state index contributed by atoms with van der Waals surface area (Å²) in [7, 11) is 2.05. The largest absolute Gasteiger partial charge is 0.339 e. The highest BCUT2D eigenvalue weighted by atomic mass is 35.5. The molecule has 1 amide bonds. The molecule has 0 spiro atoms. The molecule has 0 radical (unpaired) electrons. The number of likely N-dealkylation sites (N-methyl/N-ethyl adjacent to an activating group) is 1. The van der Waals surface area contributed by atoms with Crippen molar-refractivity contribution in [2.45, 2.75) is 6.54 Å². The number of aromatic nitrogens is 1. The molecule has 0 atom stereocenters. The van der Waals surface area contributed by atoms with Crippen LogP contribution in [0.25, 0.3) is 10.9 Å². The summed E-state index contributed by atoms with van der Waals surface area (Å²) in [5.74, 6) is 0.0676. The van der Waals surface area contributed by atoms with Gasteiger partial charge >= 0.3 is 0 Å². The average molecular weight is 320 g/mol. The van der Waals surface area contributed by atoms with E-state index in [-0.39, 0.29) is 17.9 Å². The maximum Gasteiger partial charge on any atom is 0.242 e. The first-order valence-corrected chi connectivity index (χ1v) is 7.67. The summed E-state index contributed by atoms with van der Waals surface area (Å²) in [6.45, 7) is 3.49. The van der Waals surface area contributed by atoms with Crippen LogP contribution in [-0.4, -0.2) is 53.5 Å². The van der Waals surface area contributed by atoms with E-state index in [1.54, 1.807) is 29.0 Å². The van der Waals surface area contributed by atoms with Crippen molar-refractivity contribution in [3.05, 3.63) is 45.7 Å². The Balaban J connectivity index is 1.87. The first-order chi connectivity index (χ1) is 10.5. The summed E-state index contributed by atoms with van der Waals surface area (Å²) in [4.78, 5) is 28.4. The van der Waals surface area contributed by atoms with E-state index in [4.69, 9.17) is 11.6 Å². The van der Waals surface area contributed by atoms with Crippen LogP contribution in [0, 0.1) is 0 Å². The van der Waals surface area contributed by atoms with E-state index in [1.807, 2.05) is 4.90 Å². The monoisotopic (exact) mass is 319 g/mol. The van der Waals surface area contributed by atoms with Crippen LogP contribution in [0.2, 0.25) is 5.02 Å². The van der Waals surface area contributed by atoms with Crippen molar-refractivity contribution < 1.29 is 4.79 Å². The van der Waals surface area contributed by atoms with Gasteiger partial charge in [-0.1, -0.05) is 11.6 Å². The quantitative estimate of drug-likeness (QED) is 0.841. The summed E-state index contributed by atoms with van der Waals surface area (Å²) >= 11 is 6.03. The maximum absolute atomic E-state index is 12.5. The van der Waals surface area contributed by atoms with Gasteiger partial charge in [-0.3, -0.25) is 9.59 Å². The van der Waals surface area contributed by atoms with Gasteiger partial charge in [-0.2, -0.15) is 0 Å². The molecule has 1 aliphatic rings. The zero-order valence-electron chi connectivity index (χ0n) is 12.5. The van der Waals surface area contributed by atoms with Gasteiger partial charge in [0.25, 0.3) is 0 Å². The van der Waals surface area contributed by atoms with Crippen molar-refractivity contribution >= 4 is 28.4 Å². The van der Waals surface area contributed by atoms with Crippen LogP contribution in [-0.2, 0) is 11.3 Å². The van der Waals surface area contributed by atoms with Gasteiger partial charge in [-0.05, 0) is 25.2 Å². The standard InChI is InChI=1S/C16H18ClN3O2/c1-18-6-8-19(9-7-18)16(22)11-20-5-4-15(21)13-3-2-12(17)10-14(13)20/h2-5,10H,6-9,11H2,1H3. The Hall–Kier alpha value is -1.85. The molecule has 116 valence electrons. The molecular weight excluding hydrogens is 302 g/mol. The smallest absolute Gasteiger partial charge is 0.242 e. The number of rotatable bonds is 2. The first-order valence-electron chi connectivity index (χ1n) is 7.29. The number of hydrogen-bond donors (Lipinski definition) is 0. The number of piperazine rings is 1. The Morgan fingerprint density at radius 3 is 2.64 bits per heavy atom. The Morgan fingerprint density at radius 2 is 1.91 bits per heavy atom. The Morgan fingerprint density at radius 1 is 1.18 bits per heavy atom. The summed E-state index contributed by atoms with van der Waals surface area (Å²) in [6.07, 6.45) is 1.66. The van der Waals surface area contributed by atoms with E-state index >= 15 is 0 Å². The van der Waals surface area contributed by atoms with Gasteiger partial charge < -0.3 is 14.4 Å². The molecule has 0 aliphatic carbocycles.